The molecule has 0 radical (unpaired) electrons. The minimum atomic E-state index is -0.159. The Kier molecular flexibility index (Phi) is 11.3. The summed E-state index contributed by atoms with van der Waals surface area (Å²) in [6, 6.07) is 70.0. The lowest BCUT2D eigenvalue weighted by molar-refractivity contribution is 0.473. The number of hydrogen-bond donors (Lipinski definition) is 0. The van der Waals surface area contributed by atoms with Gasteiger partial charge in [0.2, 0.25) is 0 Å². The quantitative estimate of drug-likeness (QED) is 0.161. The fraction of sp³-hybridized carbons (Fsp3) is 0.153. The second-order valence-electron chi connectivity index (χ2n) is 15.7. The third-order valence-corrected chi connectivity index (χ3v) is 12.7. The number of fused-ring (bicyclic) bond motifs is 8. The second kappa shape index (κ2) is 16.9. The number of terminal acetylenes is 1. The molecule has 2 nitrogen and oxygen atoms in total. The highest BCUT2D eigenvalue weighted by Crippen LogP contribution is 2.54. The SMILES string of the molecule is C.C#CCCN1c2ccccc2Oc2ccccc21.CC.CC1(c2ccc(-c3ccc(C4(C)c5ccccc5-c5ccccc54)cc3)cc2)c2ccccc2-c2ccccc21. The third kappa shape index (κ3) is 6.72. The van der Waals surface area contributed by atoms with Crippen LogP contribution in [0.15, 0.2) is 194 Å². The van der Waals surface area contributed by atoms with E-state index in [0.717, 1.165) is 29.4 Å². The Labute approximate surface area is 363 Å². The number of para-hydroxylation sites is 4. The fourth-order valence-corrected chi connectivity index (χ4v) is 9.72. The molecule has 0 N–H and O–H groups in total. The van der Waals surface area contributed by atoms with Crippen molar-refractivity contribution in [2.45, 2.75) is 52.4 Å². The molecule has 0 amide bonds. The average molecular weight is 792 g/mol. The number of hydrogen-bond acceptors (Lipinski definition) is 2. The zero-order chi connectivity index (χ0) is 41.3. The van der Waals surface area contributed by atoms with Crippen molar-refractivity contribution in [3.63, 3.8) is 0 Å². The van der Waals surface area contributed by atoms with Crippen molar-refractivity contribution in [1.29, 1.82) is 0 Å². The molecule has 8 aromatic carbocycles. The van der Waals surface area contributed by atoms with Crippen LogP contribution in [0.4, 0.5) is 11.4 Å². The van der Waals surface area contributed by atoms with Gasteiger partial charge in [0.05, 0.1) is 11.4 Å². The van der Waals surface area contributed by atoms with Crippen LogP contribution in [0.1, 0.15) is 74.9 Å². The summed E-state index contributed by atoms with van der Waals surface area (Å²) in [6.45, 7) is 9.55. The molecule has 0 saturated carbocycles. The zero-order valence-corrected chi connectivity index (χ0v) is 34.8. The Balaban J connectivity index is 0.000000206. The first-order valence-electron chi connectivity index (χ1n) is 21.2. The summed E-state index contributed by atoms with van der Waals surface area (Å²) >= 11 is 0. The minimum Gasteiger partial charge on any atom is -0.453 e. The molecule has 0 saturated heterocycles. The Morgan fingerprint density at radius 2 is 0.754 bits per heavy atom. The van der Waals surface area contributed by atoms with Crippen LogP contribution in [-0.4, -0.2) is 6.54 Å². The Morgan fingerprint density at radius 3 is 1.10 bits per heavy atom. The van der Waals surface area contributed by atoms with Gasteiger partial charge < -0.3 is 9.64 Å². The number of rotatable bonds is 5. The van der Waals surface area contributed by atoms with E-state index in [4.69, 9.17) is 11.2 Å². The maximum Gasteiger partial charge on any atom is 0.151 e. The Hall–Kier alpha value is -7.08. The summed E-state index contributed by atoms with van der Waals surface area (Å²) in [6.07, 6.45) is 6.09. The van der Waals surface area contributed by atoms with E-state index in [9.17, 15) is 0 Å². The van der Waals surface area contributed by atoms with Crippen molar-refractivity contribution < 1.29 is 4.74 Å². The predicted octanol–water partition coefficient (Wildman–Crippen LogP) is 15.6. The number of ether oxygens (including phenoxy) is 1. The summed E-state index contributed by atoms with van der Waals surface area (Å²) in [5.74, 6) is 4.46. The second-order valence-corrected chi connectivity index (χ2v) is 15.7. The maximum atomic E-state index is 5.89. The summed E-state index contributed by atoms with van der Waals surface area (Å²) in [7, 11) is 0. The molecule has 0 atom stereocenters. The summed E-state index contributed by atoms with van der Waals surface area (Å²) in [4.78, 5) is 2.22. The number of nitrogens with zero attached hydrogens (tertiary/aromatic N) is 1. The standard InChI is InChI=1S/C40H30.C16H13NO.C2H6.CH4/c1-39(35-15-7-3-11-31(35)32-12-4-8-16-36(32)39)29-23-19-27(20-24-29)28-21-25-30(26-22-28)40(2)37-17-9-5-13-33(37)34-14-6-10-18-38(34)40;1-2-3-12-17-13-8-4-6-10-15(13)18-16-11-7-5-9-14(16)17;1-2;/h3-26H,1-2H3;1,4-11H,3,12H2;1-2H3;1H4. The predicted molar refractivity (Wildman–Crippen MR) is 258 cm³/mol. The first-order valence-corrected chi connectivity index (χ1v) is 21.2. The maximum absolute atomic E-state index is 5.89. The topological polar surface area (TPSA) is 12.5 Å². The zero-order valence-electron chi connectivity index (χ0n) is 34.8. The molecule has 3 aliphatic rings. The van der Waals surface area contributed by atoms with Crippen LogP contribution in [0.2, 0.25) is 0 Å². The van der Waals surface area contributed by atoms with Gasteiger partial charge in [0.1, 0.15) is 0 Å². The fourth-order valence-electron chi connectivity index (χ4n) is 9.72. The summed E-state index contributed by atoms with van der Waals surface area (Å²) in [5, 5.41) is 0. The smallest absolute Gasteiger partial charge is 0.151 e. The minimum absolute atomic E-state index is 0. The van der Waals surface area contributed by atoms with E-state index >= 15 is 0 Å². The number of anilines is 2. The van der Waals surface area contributed by atoms with Gasteiger partial charge in [-0.2, -0.15) is 0 Å². The van der Waals surface area contributed by atoms with Crippen LogP contribution in [0.3, 0.4) is 0 Å². The normalized spacial score (nSPS) is 13.6. The van der Waals surface area contributed by atoms with Crippen molar-refractivity contribution in [2.24, 2.45) is 0 Å². The van der Waals surface area contributed by atoms with Crippen LogP contribution in [0.5, 0.6) is 11.5 Å². The summed E-state index contributed by atoms with van der Waals surface area (Å²) in [5.41, 5.74) is 17.9. The van der Waals surface area contributed by atoms with Crippen molar-refractivity contribution >= 4 is 11.4 Å². The molecule has 61 heavy (non-hydrogen) atoms. The lowest BCUT2D eigenvalue weighted by atomic mass is 9.73. The van der Waals surface area contributed by atoms with Gasteiger partial charge in [0.15, 0.2) is 11.5 Å². The van der Waals surface area contributed by atoms with Gasteiger partial charge in [-0.25, -0.2) is 0 Å². The molecule has 8 aromatic rings. The Bertz CT molecular complexity index is 2580. The van der Waals surface area contributed by atoms with E-state index in [2.05, 4.69) is 182 Å². The molecule has 0 bridgehead atoms. The van der Waals surface area contributed by atoms with Gasteiger partial charge in [-0.15, -0.1) is 12.3 Å². The molecule has 11 rings (SSSR count). The van der Waals surface area contributed by atoms with Crippen molar-refractivity contribution in [2.75, 3.05) is 11.4 Å². The lowest BCUT2D eigenvalue weighted by Crippen LogP contribution is -2.22. The first-order chi connectivity index (χ1) is 29.5. The summed E-state index contributed by atoms with van der Waals surface area (Å²) < 4.78 is 5.89. The van der Waals surface area contributed by atoms with Crippen LogP contribution in [0.25, 0.3) is 33.4 Å². The number of benzene rings is 8. The van der Waals surface area contributed by atoms with Gasteiger partial charge in [-0.3, -0.25) is 0 Å². The van der Waals surface area contributed by atoms with Gasteiger partial charge in [-0.05, 0) is 105 Å². The molecule has 2 heteroatoms. The molecule has 300 valence electrons. The molecular weight excluding hydrogens is 739 g/mol. The van der Waals surface area contributed by atoms with E-state index in [1.165, 1.54) is 66.8 Å². The highest BCUT2D eigenvalue weighted by molar-refractivity contribution is 5.85. The monoisotopic (exact) mass is 791 g/mol. The van der Waals surface area contributed by atoms with Gasteiger partial charge in [0, 0.05) is 23.8 Å². The van der Waals surface area contributed by atoms with E-state index in [-0.39, 0.29) is 18.3 Å². The molecule has 0 spiro atoms. The molecule has 1 aliphatic heterocycles. The van der Waals surface area contributed by atoms with Gasteiger partial charge in [-0.1, -0.05) is 191 Å². The Morgan fingerprint density at radius 1 is 0.443 bits per heavy atom. The highest BCUT2D eigenvalue weighted by atomic mass is 16.5. The highest BCUT2D eigenvalue weighted by Gasteiger charge is 2.41. The van der Waals surface area contributed by atoms with E-state index in [1.54, 1.807) is 0 Å². The van der Waals surface area contributed by atoms with E-state index in [0.29, 0.717) is 6.42 Å². The lowest BCUT2D eigenvalue weighted by Gasteiger charge is -2.32. The van der Waals surface area contributed by atoms with E-state index < -0.39 is 0 Å². The van der Waals surface area contributed by atoms with Crippen LogP contribution in [-0.2, 0) is 10.8 Å². The van der Waals surface area contributed by atoms with E-state index in [1.807, 2.05) is 50.2 Å². The molecule has 0 aromatic heterocycles. The van der Waals surface area contributed by atoms with Crippen molar-refractivity contribution in [3.05, 3.63) is 228 Å². The average Bonchev–Trinajstić information content (AvgIpc) is 3.75. The third-order valence-electron chi connectivity index (χ3n) is 12.7. The largest absolute Gasteiger partial charge is 0.453 e. The van der Waals surface area contributed by atoms with Gasteiger partial charge in [0.25, 0.3) is 0 Å². The van der Waals surface area contributed by atoms with Crippen LogP contribution in [0, 0.1) is 12.3 Å². The molecule has 0 unspecified atom stereocenters. The van der Waals surface area contributed by atoms with Gasteiger partial charge >= 0.3 is 0 Å². The molecular formula is C59H53NO. The van der Waals surface area contributed by atoms with Crippen LogP contribution < -0.4 is 9.64 Å². The molecule has 2 aliphatic carbocycles. The van der Waals surface area contributed by atoms with Crippen LogP contribution >= 0.6 is 0 Å². The van der Waals surface area contributed by atoms with Crippen molar-refractivity contribution in [1.82, 2.24) is 0 Å². The first kappa shape index (κ1) is 40.7. The molecule has 1 heterocycles. The molecule has 0 fully saturated rings. The van der Waals surface area contributed by atoms with Crippen molar-refractivity contribution in [3.8, 4) is 57.2 Å².